The van der Waals surface area contributed by atoms with Crippen LogP contribution in [0.1, 0.15) is 66.2 Å². The maximum atomic E-state index is 12.0. The molecule has 3 unspecified atom stereocenters. The van der Waals surface area contributed by atoms with Crippen LogP contribution in [0.5, 0.6) is 0 Å². The summed E-state index contributed by atoms with van der Waals surface area (Å²) in [6.45, 7) is 8.33. The molecule has 4 heteroatoms. The van der Waals surface area contributed by atoms with Crippen molar-refractivity contribution in [1.82, 2.24) is 5.32 Å². The minimum absolute atomic E-state index is 0.0566. The van der Waals surface area contributed by atoms with Gasteiger partial charge in [-0.2, -0.15) is 0 Å². The van der Waals surface area contributed by atoms with Gasteiger partial charge in [-0.25, -0.2) is 0 Å². The van der Waals surface area contributed by atoms with Gasteiger partial charge in [-0.1, -0.05) is 40.0 Å². The third-order valence-corrected chi connectivity index (χ3v) is 5.21. The van der Waals surface area contributed by atoms with Gasteiger partial charge in [0.15, 0.2) is 0 Å². The maximum Gasteiger partial charge on any atom is 0.310 e. The second-order valence-corrected chi connectivity index (χ2v) is 7.33. The topological polar surface area (TPSA) is 66.4 Å². The van der Waals surface area contributed by atoms with Gasteiger partial charge in [0.05, 0.1) is 5.41 Å². The predicted molar refractivity (Wildman–Crippen MR) is 83.9 cm³/mol. The second kappa shape index (κ2) is 7.81. The first-order valence-corrected chi connectivity index (χ1v) is 8.25. The van der Waals surface area contributed by atoms with Crippen LogP contribution in [-0.4, -0.2) is 23.5 Å². The highest BCUT2D eigenvalue weighted by molar-refractivity contribution is 5.84. The summed E-state index contributed by atoms with van der Waals surface area (Å²) in [6, 6.07) is 0. The Hall–Kier alpha value is -1.06. The molecule has 2 N–H and O–H groups in total. The van der Waals surface area contributed by atoms with E-state index in [0.717, 1.165) is 12.3 Å². The summed E-state index contributed by atoms with van der Waals surface area (Å²) in [5.41, 5.74) is -0.983. The number of carbonyl (C=O) groups excluding carboxylic acids is 1. The van der Waals surface area contributed by atoms with Gasteiger partial charge in [-0.15, -0.1) is 0 Å². The highest BCUT2D eigenvalue weighted by Gasteiger charge is 2.38. The fourth-order valence-electron chi connectivity index (χ4n) is 3.16. The van der Waals surface area contributed by atoms with Gasteiger partial charge in [-0.05, 0) is 37.5 Å². The number of carboxylic acid groups (broad SMARTS) is 1. The summed E-state index contributed by atoms with van der Waals surface area (Å²) in [4.78, 5) is 23.4. The molecule has 122 valence electrons. The molecule has 0 spiro atoms. The molecular weight excluding hydrogens is 266 g/mol. The maximum absolute atomic E-state index is 12.0. The number of hydrogen-bond acceptors (Lipinski definition) is 2. The molecule has 0 heterocycles. The number of aliphatic carboxylic acids is 1. The average Bonchev–Trinajstić information content (AvgIpc) is 2.38. The van der Waals surface area contributed by atoms with Crippen LogP contribution in [0, 0.1) is 23.2 Å². The van der Waals surface area contributed by atoms with E-state index in [4.69, 9.17) is 0 Å². The Balaban J connectivity index is 2.35. The molecule has 0 aliphatic heterocycles. The van der Waals surface area contributed by atoms with Crippen molar-refractivity contribution in [3.63, 3.8) is 0 Å². The molecule has 1 rings (SSSR count). The van der Waals surface area contributed by atoms with Gasteiger partial charge in [0.25, 0.3) is 0 Å². The van der Waals surface area contributed by atoms with Crippen molar-refractivity contribution in [3.8, 4) is 0 Å². The van der Waals surface area contributed by atoms with E-state index in [0.29, 0.717) is 12.5 Å². The number of carboxylic acids is 1. The van der Waals surface area contributed by atoms with E-state index in [9.17, 15) is 14.7 Å². The van der Waals surface area contributed by atoms with Gasteiger partial charge < -0.3 is 10.4 Å². The zero-order valence-electron chi connectivity index (χ0n) is 13.9. The Morgan fingerprint density at radius 3 is 2.52 bits per heavy atom. The van der Waals surface area contributed by atoms with Gasteiger partial charge in [0.2, 0.25) is 5.91 Å². The lowest BCUT2D eigenvalue weighted by Gasteiger charge is -2.29. The van der Waals surface area contributed by atoms with Gasteiger partial charge in [0.1, 0.15) is 0 Å². The van der Waals surface area contributed by atoms with Gasteiger partial charge >= 0.3 is 5.97 Å². The molecule has 0 bridgehead atoms. The normalized spacial score (nSPS) is 25.4. The van der Waals surface area contributed by atoms with Crippen LogP contribution in [0.25, 0.3) is 0 Å². The fraction of sp³-hybridized carbons (Fsp3) is 0.882. The summed E-state index contributed by atoms with van der Waals surface area (Å²) in [5, 5.41) is 12.2. The monoisotopic (exact) mass is 297 g/mol. The smallest absolute Gasteiger partial charge is 0.310 e. The molecule has 1 fully saturated rings. The summed E-state index contributed by atoms with van der Waals surface area (Å²) < 4.78 is 0. The van der Waals surface area contributed by atoms with Crippen LogP contribution < -0.4 is 5.32 Å². The minimum Gasteiger partial charge on any atom is -0.481 e. The van der Waals surface area contributed by atoms with E-state index in [2.05, 4.69) is 12.2 Å². The lowest BCUT2D eigenvalue weighted by molar-refractivity contribution is -0.153. The lowest BCUT2D eigenvalue weighted by atomic mass is 9.76. The van der Waals surface area contributed by atoms with Gasteiger partial charge in [0, 0.05) is 13.0 Å². The SMILES string of the molecule is CC1CCCC(CCNC(=O)CC(C)(C(=O)O)C(C)C)C1. The van der Waals surface area contributed by atoms with Crippen LogP contribution in [0.3, 0.4) is 0 Å². The first-order valence-electron chi connectivity index (χ1n) is 8.25. The van der Waals surface area contributed by atoms with Crippen molar-refractivity contribution in [3.05, 3.63) is 0 Å². The highest BCUT2D eigenvalue weighted by atomic mass is 16.4. The van der Waals surface area contributed by atoms with Crippen molar-refractivity contribution in [2.75, 3.05) is 6.54 Å². The summed E-state index contributed by atoms with van der Waals surface area (Å²) >= 11 is 0. The minimum atomic E-state index is -0.983. The standard InChI is InChI=1S/C17H31NO3/c1-12(2)17(4,16(20)21)11-15(19)18-9-8-14-7-5-6-13(3)10-14/h12-14H,5-11H2,1-4H3,(H,18,19)(H,20,21). The Labute approximate surface area is 128 Å². The number of carbonyl (C=O) groups is 2. The van der Waals surface area contributed by atoms with Crippen molar-refractivity contribution in [2.24, 2.45) is 23.2 Å². The van der Waals surface area contributed by atoms with E-state index >= 15 is 0 Å². The Bertz CT molecular complexity index is 367. The zero-order chi connectivity index (χ0) is 16.0. The predicted octanol–water partition coefficient (Wildman–Crippen LogP) is 3.46. The van der Waals surface area contributed by atoms with E-state index < -0.39 is 11.4 Å². The number of rotatable bonds is 7. The largest absolute Gasteiger partial charge is 0.481 e. The molecule has 21 heavy (non-hydrogen) atoms. The summed E-state index contributed by atoms with van der Waals surface area (Å²) in [6.07, 6.45) is 6.22. The molecule has 4 nitrogen and oxygen atoms in total. The van der Waals surface area contributed by atoms with Crippen LogP contribution in [0.2, 0.25) is 0 Å². The molecule has 0 aromatic rings. The third-order valence-electron chi connectivity index (χ3n) is 5.21. The lowest BCUT2D eigenvalue weighted by Crippen LogP contribution is -2.39. The van der Waals surface area contributed by atoms with Gasteiger partial charge in [-0.3, -0.25) is 9.59 Å². The third kappa shape index (κ3) is 5.33. The van der Waals surface area contributed by atoms with Crippen molar-refractivity contribution in [1.29, 1.82) is 0 Å². The van der Waals surface area contributed by atoms with Crippen molar-refractivity contribution < 1.29 is 14.7 Å². The van der Waals surface area contributed by atoms with Crippen LogP contribution in [-0.2, 0) is 9.59 Å². The molecule has 1 amide bonds. The molecule has 1 aliphatic rings. The van der Waals surface area contributed by atoms with E-state index in [1.807, 2.05) is 13.8 Å². The number of nitrogens with one attached hydrogen (secondary N) is 1. The zero-order valence-corrected chi connectivity index (χ0v) is 13.9. The molecular formula is C17H31NO3. The fourth-order valence-corrected chi connectivity index (χ4v) is 3.16. The quantitative estimate of drug-likeness (QED) is 0.756. The first kappa shape index (κ1) is 18.0. The van der Waals surface area contributed by atoms with Crippen LogP contribution >= 0.6 is 0 Å². The molecule has 1 aliphatic carbocycles. The van der Waals surface area contributed by atoms with Crippen LogP contribution in [0.15, 0.2) is 0 Å². The molecule has 3 atom stereocenters. The summed E-state index contributed by atoms with van der Waals surface area (Å²) in [5.74, 6) is 0.409. The molecule has 1 saturated carbocycles. The Kier molecular flexibility index (Phi) is 6.69. The molecule has 0 aromatic heterocycles. The number of amides is 1. The van der Waals surface area contributed by atoms with E-state index in [1.54, 1.807) is 6.92 Å². The molecule has 0 aromatic carbocycles. The molecule has 0 radical (unpaired) electrons. The van der Waals surface area contributed by atoms with Crippen LogP contribution in [0.4, 0.5) is 0 Å². The number of hydrogen-bond donors (Lipinski definition) is 2. The first-order chi connectivity index (χ1) is 9.75. The second-order valence-electron chi connectivity index (χ2n) is 7.33. The highest BCUT2D eigenvalue weighted by Crippen LogP contribution is 2.32. The van der Waals surface area contributed by atoms with Crippen molar-refractivity contribution in [2.45, 2.75) is 66.2 Å². The summed E-state index contributed by atoms with van der Waals surface area (Å²) in [7, 11) is 0. The Morgan fingerprint density at radius 2 is 2.00 bits per heavy atom. The van der Waals surface area contributed by atoms with Crippen molar-refractivity contribution >= 4 is 11.9 Å². The Morgan fingerprint density at radius 1 is 1.33 bits per heavy atom. The van der Waals surface area contributed by atoms with E-state index in [1.165, 1.54) is 25.7 Å². The average molecular weight is 297 g/mol. The van der Waals surface area contributed by atoms with E-state index in [-0.39, 0.29) is 18.2 Å². The molecule has 0 saturated heterocycles.